The van der Waals surface area contributed by atoms with Crippen molar-refractivity contribution in [2.75, 3.05) is 38.1 Å². The van der Waals surface area contributed by atoms with Crippen LogP contribution in [0, 0.1) is 11.3 Å². The van der Waals surface area contributed by atoms with Crippen LogP contribution >= 0.6 is 0 Å². The molecule has 2 atom stereocenters. The van der Waals surface area contributed by atoms with E-state index in [1.54, 1.807) is 40.2 Å². The number of anilines is 1. The highest BCUT2D eigenvalue weighted by Gasteiger charge is 2.35. The molecule has 282 valence electrons. The van der Waals surface area contributed by atoms with Gasteiger partial charge in [-0.05, 0) is 66.3 Å². The first-order valence-corrected chi connectivity index (χ1v) is 18.6. The Morgan fingerprint density at radius 2 is 1.55 bits per heavy atom. The number of benzene rings is 2. The molecule has 0 bridgehead atoms. The summed E-state index contributed by atoms with van der Waals surface area (Å²) >= 11 is 0. The molecule has 2 aromatic carbocycles. The topological polar surface area (TPSA) is 144 Å². The summed E-state index contributed by atoms with van der Waals surface area (Å²) in [6.07, 6.45) is 5.51. The zero-order chi connectivity index (χ0) is 38.0. The summed E-state index contributed by atoms with van der Waals surface area (Å²) in [5, 5.41) is 8.63. The van der Waals surface area contributed by atoms with Crippen LogP contribution in [0.15, 0.2) is 79.1 Å². The molecule has 2 aliphatic heterocycles. The lowest BCUT2D eigenvalue weighted by Crippen LogP contribution is -2.58. The van der Waals surface area contributed by atoms with Crippen LogP contribution in [-0.2, 0) is 38.6 Å². The summed E-state index contributed by atoms with van der Waals surface area (Å²) < 4.78 is 0. The number of hydrogen-bond acceptors (Lipinski definition) is 6. The average molecular weight is 724 g/mol. The fraction of sp³-hybridized carbons (Fsp3) is 0.463. The molecule has 1 saturated heterocycles. The molecule has 12 heteroatoms. The van der Waals surface area contributed by atoms with Gasteiger partial charge in [-0.15, -0.1) is 0 Å². The highest BCUT2D eigenvalue weighted by Crippen LogP contribution is 2.23. The van der Waals surface area contributed by atoms with E-state index in [4.69, 9.17) is 0 Å². The van der Waals surface area contributed by atoms with E-state index in [0.717, 1.165) is 17.5 Å². The van der Waals surface area contributed by atoms with Crippen molar-refractivity contribution in [1.29, 1.82) is 0 Å². The molecule has 1 aromatic heterocycles. The first-order chi connectivity index (χ1) is 25.4. The highest BCUT2D eigenvalue weighted by atomic mass is 16.2. The number of hydrogen-bond donors (Lipinski definition) is 3. The second-order valence-electron chi connectivity index (χ2n) is 15.3. The van der Waals surface area contributed by atoms with Crippen LogP contribution in [0.5, 0.6) is 0 Å². The van der Waals surface area contributed by atoms with Crippen LogP contribution in [0.3, 0.4) is 0 Å². The number of nitrogens with zero attached hydrogens (tertiary/aromatic N) is 4. The lowest BCUT2D eigenvalue weighted by molar-refractivity contribution is -0.138. The van der Waals surface area contributed by atoms with Crippen molar-refractivity contribution in [3.63, 3.8) is 0 Å². The van der Waals surface area contributed by atoms with Crippen LogP contribution in [0.1, 0.15) is 63.1 Å². The lowest BCUT2D eigenvalue weighted by atomic mass is 9.95. The molecule has 0 aliphatic carbocycles. The van der Waals surface area contributed by atoms with Crippen LogP contribution in [0.2, 0.25) is 0 Å². The number of aromatic nitrogens is 1. The SMILES string of the molecule is CN(C(=O)C1CCN(C(=O)N[C@@H](CC(=O)NCC(C)(C)C)C(=O)N[C@@H](CCc2ccccc2)C(=O)N2CCc3ccccc3C2)CC1)c1cccnc1. The van der Waals surface area contributed by atoms with Gasteiger partial charge in [0.25, 0.3) is 0 Å². The maximum Gasteiger partial charge on any atom is 0.318 e. The van der Waals surface area contributed by atoms with E-state index in [1.165, 1.54) is 5.56 Å². The zero-order valence-corrected chi connectivity index (χ0v) is 31.3. The number of carbonyl (C=O) groups excluding carboxylic acids is 5. The van der Waals surface area contributed by atoms with Gasteiger partial charge in [-0.3, -0.25) is 24.2 Å². The van der Waals surface area contributed by atoms with Crippen molar-refractivity contribution < 1.29 is 24.0 Å². The molecule has 2 aliphatic rings. The smallest absolute Gasteiger partial charge is 0.318 e. The Bertz CT molecular complexity index is 1720. The van der Waals surface area contributed by atoms with E-state index in [-0.39, 0.29) is 35.5 Å². The van der Waals surface area contributed by atoms with Gasteiger partial charge in [0.05, 0.1) is 18.3 Å². The van der Waals surface area contributed by atoms with Crippen molar-refractivity contribution in [2.45, 2.75) is 77.9 Å². The third-order valence-electron chi connectivity index (χ3n) is 9.94. The van der Waals surface area contributed by atoms with Crippen molar-refractivity contribution in [1.82, 2.24) is 30.7 Å². The van der Waals surface area contributed by atoms with Crippen molar-refractivity contribution in [3.05, 3.63) is 95.8 Å². The zero-order valence-electron chi connectivity index (χ0n) is 31.3. The quantitative estimate of drug-likeness (QED) is 0.257. The molecule has 5 rings (SSSR count). The first-order valence-electron chi connectivity index (χ1n) is 18.6. The minimum atomic E-state index is -1.23. The van der Waals surface area contributed by atoms with Gasteiger partial charge in [-0.1, -0.05) is 75.4 Å². The van der Waals surface area contributed by atoms with Crippen molar-refractivity contribution in [2.24, 2.45) is 11.3 Å². The van der Waals surface area contributed by atoms with Gasteiger partial charge >= 0.3 is 6.03 Å². The fourth-order valence-corrected chi connectivity index (χ4v) is 6.74. The Hall–Kier alpha value is -5.26. The number of aryl methyl sites for hydroxylation is 1. The third-order valence-corrected chi connectivity index (χ3v) is 9.94. The largest absolute Gasteiger partial charge is 0.355 e. The number of carbonyl (C=O) groups is 5. The minimum absolute atomic E-state index is 0.0470. The van der Waals surface area contributed by atoms with Gasteiger partial charge in [-0.2, -0.15) is 0 Å². The number of amides is 6. The Labute approximate surface area is 312 Å². The van der Waals surface area contributed by atoms with E-state index in [0.29, 0.717) is 64.1 Å². The van der Waals surface area contributed by atoms with Gasteiger partial charge in [0, 0.05) is 51.9 Å². The van der Waals surface area contributed by atoms with Gasteiger partial charge < -0.3 is 30.7 Å². The van der Waals surface area contributed by atoms with Crippen LogP contribution in [0.25, 0.3) is 0 Å². The summed E-state index contributed by atoms with van der Waals surface area (Å²) in [7, 11) is 1.72. The molecule has 0 saturated carbocycles. The second kappa shape index (κ2) is 18.0. The lowest BCUT2D eigenvalue weighted by Gasteiger charge is -2.34. The van der Waals surface area contributed by atoms with Crippen LogP contribution in [-0.4, -0.2) is 89.8 Å². The second-order valence-corrected chi connectivity index (χ2v) is 15.3. The molecule has 3 heterocycles. The van der Waals surface area contributed by atoms with E-state index in [2.05, 4.69) is 27.0 Å². The van der Waals surface area contributed by atoms with E-state index in [9.17, 15) is 24.0 Å². The van der Waals surface area contributed by atoms with E-state index >= 15 is 0 Å². The minimum Gasteiger partial charge on any atom is -0.355 e. The molecule has 3 N–H and O–H groups in total. The number of likely N-dealkylation sites (tertiary alicyclic amines) is 1. The Kier molecular flexibility index (Phi) is 13.2. The first kappa shape index (κ1) is 39.0. The summed E-state index contributed by atoms with van der Waals surface area (Å²) in [6, 6.07) is 18.8. The number of urea groups is 1. The maximum absolute atomic E-state index is 14.1. The Morgan fingerprint density at radius 1 is 0.849 bits per heavy atom. The van der Waals surface area contributed by atoms with Gasteiger partial charge in [0.15, 0.2) is 0 Å². The number of rotatable bonds is 12. The Morgan fingerprint density at radius 3 is 2.23 bits per heavy atom. The fourth-order valence-electron chi connectivity index (χ4n) is 6.74. The Balaban J connectivity index is 1.28. The number of fused-ring (bicyclic) bond motifs is 1. The third kappa shape index (κ3) is 11.1. The summed E-state index contributed by atoms with van der Waals surface area (Å²) in [5.41, 5.74) is 3.82. The van der Waals surface area contributed by atoms with Crippen LogP contribution in [0.4, 0.5) is 10.5 Å². The van der Waals surface area contributed by atoms with E-state index < -0.39 is 24.0 Å². The molecular formula is C41H53N7O5. The summed E-state index contributed by atoms with van der Waals surface area (Å²) in [4.78, 5) is 77.3. The molecule has 0 unspecified atom stereocenters. The molecule has 1 fully saturated rings. The monoisotopic (exact) mass is 723 g/mol. The number of nitrogens with one attached hydrogen (secondary N) is 3. The average Bonchev–Trinajstić information content (AvgIpc) is 3.17. The van der Waals surface area contributed by atoms with Gasteiger partial charge in [-0.25, -0.2) is 4.79 Å². The van der Waals surface area contributed by atoms with Crippen molar-refractivity contribution in [3.8, 4) is 0 Å². The highest BCUT2D eigenvalue weighted by molar-refractivity contribution is 5.96. The maximum atomic E-state index is 14.1. The van der Waals surface area contributed by atoms with Gasteiger partial charge in [0.1, 0.15) is 12.1 Å². The molecule has 3 aromatic rings. The summed E-state index contributed by atoms with van der Waals surface area (Å²) in [6.45, 7) is 7.94. The predicted molar refractivity (Wildman–Crippen MR) is 204 cm³/mol. The van der Waals surface area contributed by atoms with Crippen LogP contribution < -0.4 is 20.9 Å². The molecule has 12 nitrogen and oxygen atoms in total. The molecular weight excluding hydrogens is 670 g/mol. The standard InChI is InChI=1S/C41H53N7O5/c1-41(2,3)28-43-36(49)25-35(45-40(53)47-22-19-31(20-23-47)38(51)46(4)33-15-10-21-42-26-33)37(50)44-34(17-16-29-11-6-5-7-12-29)39(52)48-24-18-30-13-8-9-14-32(30)27-48/h5-15,21,26,31,34-35H,16-20,22-25,27-28H2,1-4H3,(H,43,49)(H,44,50)(H,45,53)/t34-,35-/m0/s1. The van der Waals surface area contributed by atoms with Gasteiger partial charge in [0.2, 0.25) is 23.6 Å². The summed E-state index contributed by atoms with van der Waals surface area (Å²) in [5.74, 6) is -1.51. The van der Waals surface area contributed by atoms with Crippen molar-refractivity contribution >= 4 is 35.3 Å². The number of piperidine rings is 1. The predicted octanol–water partition coefficient (Wildman–Crippen LogP) is 4.09. The normalized spacial score (nSPS) is 15.8. The molecule has 0 radical (unpaired) electrons. The molecule has 6 amide bonds. The number of pyridine rings is 1. The van der Waals surface area contributed by atoms with E-state index in [1.807, 2.05) is 75.4 Å². The molecule has 53 heavy (non-hydrogen) atoms. The molecule has 0 spiro atoms.